The number of primary amides is 1. The molecule has 6 heteroatoms. The molecule has 0 saturated carbocycles. The summed E-state index contributed by atoms with van der Waals surface area (Å²) in [6.45, 7) is 0.206. The predicted molar refractivity (Wildman–Crippen MR) is 88.2 cm³/mol. The molecular formula is C16H16BrClFNO2. The molecule has 1 amide bonds. The molecule has 1 aliphatic rings. The first kappa shape index (κ1) is 17.2. The van der Waals surface area contributed by atoms with Gasteiger partial charge in [-0.3, -0.25) is 4.79 Å². The first-order valence-corrected chi connectivity index (χ1v) is 7.84. The molecule has 2 atom stereocenters. The van der Waals surface area contributed by atoms with Crippen molar-refractivity contribution in [1.29, 1.82) is 0 Å². The lowest BCUT2D eigenvalue weighted by Crippen LogP contribution is -2.41. The zero-order chi connectivity index (χ0) is 16.3. The zero-order valence-electron chi connectivity index (χ0n) is 12.0. The van der Waals surface area contributed by atoms with Crippen LogP contribution in [0.3, 0.4) is 0 Å². The van der Waals surface area contributed by atoms with Gasteiger partial charge in [-0.15, -0.1) is 11.6 Å². The van der Waals surface area contributed by atoms with Crippen molar-refractivity contribution in [2.75, 3.05) is 7.11 Å². The van der Waals surface area contributed by atoms with Crippen molar-refractivity contribution in [3.05, 3.63) is 57.9 Å². The first-order valence-electron chi connectivity index (χ1n) is 6.67. The van der Waals surface area contributed by atoms with Gasteiger partial charge in [-0.2, -0.15) is 0 Å². The molecule has 0 bridgehead atoms. The lowest BCUT2D eigenvalue weighted by molar-refractivity contribution is -0.121. The first-order chi connectivity index (χ1) is 10.4. The van der Waals surface area contributed by atoms with Gasteiger partial charge < -0.3 is 10.5 Å². The molecule has 0 aromatic heterocycles. The number of nitrogens with two attached hydrogens (primary N) is 1. The normalized spacial score (nSPS) is 24.2. The van der Waals surface area contributed by atoms with E-state index in [1.807, 2.05) is 0 Å². The maximum absolute atomic E-state index is 14.0. The quantitative estimate of drug-likeness (QED) is 0.786. The number of ether oxygens (including phenoxy) is 1. The summed E-state index contributed by atoms with van der Waals surface area (Å²) in [6.07, 6.45) is 5.45. The largest absolute Gasteiger partial charge is 0.380 e. The Kier molecular flexibility index (Phi) is 5.42. The fourth-order valence-corrected chi connectivity index (χ4v) is 3.23. The monoisotopic (exact) mass is 387 g/mol. The molecular weight excluding hydrogens is 373 g/mol. The molecule has 2 N–H and O–H groups in total. The third kappa shape index (κ3) is 3.77. The number of hydrogen-bond acceptors (Lipinski definition) is 2. The van der Waals surface area contributed by atoms with Crippen molar-refractivity contribution in [3.8, 4) is 0 Å². The van der Waals surface area contributed by atoms with Gasteiger partial charge in [-0.05, 0) is 18.1 Å². The Morgan fingerprint density at radius 2 is 2.27 bits per heavy atom. The molecule has 118 valence electrons. The molecule has 0 radical (unpaired) electrons. The molecule has 0 saturated heterocycles. The summed E-state index contributed by atoms with van der Waals surface area (Å²) in [6, 6.07) is 4.85. The summed E-state index contributed by atoms with van der Waals surface area (Å²) in [7, 11) is 1.51. The van der Waals surface area contributed by atoms with Crippen LogP contribution in [0.5, 0.6) is 0 Å². The third-order valence-electron chi connectivity index (χ3n) is 3.56. The summed E-state index contributed by atoms with van der Waals surface area (Å²) < 4.78 is 19.7. The van der Waals surface area contributed by atoms with Crippen molar-refractivity contribution in [2.24, 2.45) is 11.7 Å². The van der Waals surface area contributed by atoms with Crippen molar-refractivity contribution in [3.63, 3.8) is 0 Å². The van der Waals surface area contributed by atoms with Gasteiger partial charge in [0.1, 0.15) is 5.82 Å². The Bertz CT molecular complexity index is 647. The number of alkyl halides is 1. The molecule has 1 aliphatic carbocycles. The van der Waals surface area contributed by atoms with Crippen LogP contribution in [0.1, 0.15) is 11.1 Å². The lowest BCUT2D eigenvalue weighted by Gasteiger charge is -2.31. The number of carbonyl (C=O) groups is 1. The summed E-state index contributed by atoms with van der Waals surface area (Å²) in [4.78, 5) is 10.7. The smallest absolute Gasteiger partial charge is 0.226 e. The van der Waals surface area contributed by atoms with Crippen LogP contribution in [0, 0.1) is 11.7 Å². The van der Waals surface area contributed by atoms with E-state index in [4.69, 9.17) is 22.1 Å². The highest BCUT2D eigenvalue weighted by atomic mass is 79.9. The maximum Gasteiger partial charge on any atom is 0.226 e. The minimum atomic E-state index is -1.00. The molecule has 1 aromatic carbocycles. The van der Waals surface area contributed by atoms with Crippen LogP contribution in [0.25, 0.3) is 0 Å². The van der Waals surface area contributed by atoms with Gasteiger partial charge in [0.25, 0.3) is 0 Å². The van der Waals surface area contributed by atoms with Crippen LogP contribution in [-0.2, 0) is 22.6 Å². The van der Waals surface area contributed by atoms with Gasteiger partial charge in [0.2, 0.25) is 5.91 Å². The second kappa shape index (κ2) is 6.94. The van der Waals surface area contributed by atoms with Gasteiger partial charge in [-0.1, -0.05) is 46.3 Å². The summed E-state index contributed by atoms with van der Waals surface area (Å²) in [5.41, 5.74) is 6.60. The van der Waals surface area contributed by atoms with E-state index in [9.17, 15) is 9.18 Å². The van der Waals surface area contributed by atoms with Crippen molar-refractivity contribution in [1.82, 2.24) is 0 Å². The molecule has 22 heavy (non-hydrogen) atoms. The Morgan fingerprint density at radius 3 is 2.86 bits per heavy atom. The second-order valence-electron chi connectivity index (χ2n) is 5.23. The van der Waals surface area contributed by atoms with Crippen LogP contribution in [0.15, 0.2) is 40.9 Å². The average molecular weight is 389 g/mol. The number of hydrogen-bond donors (Lipinski definition) is 1. The van der Waals surface area contributed by atoms with Crippen LogP contribution in [-0.4, -0.2) is 17.9 Å². The van der Waals surface area contributed by atoms with Crippen LogP contribution in [0.4, 0.5) is 4.39 Å². The third-order valence-corrected chi connectivity index (χ3v) is 4.58. The molecule has 0 heterocycles. The Labute approximate surface area is 142 Å². The molecule has 0 fully saturated rings. The molecule has 1 aromatic rings. The SMILES string of the molecule is COCc1ccc(CC2(Cl)C=CC(Br)=CC2C(N)=O)cc1F. The van der Waals surface area contributed by atoms with E-state index in [1.165, 1.54) is 13.2 Å². The fourth-order valence-electron chi connectivity index (χ4n) is 2.45. The Balaban J connectivity index is 2.27. The second-order valence-corrected chi connectivity index (χ2v) is 6.85. The highest BCUT2D eigenvalue weighted by molar-refractivity contribution is 9.11. The predicted octanol–water partition coefficient (Wildman–Crippen LogP) is 3.44. The summed E-state index contributed by atoms with van der Waals surface area (Å²) >= 11 is 9.90. The number of rotatable bonds is 5. The fraction of sp³-hybridized carbons (Fsp3) is 0.312. The molecule has 0 spiro atoms. The standard InChI is InChI=1S/C16H16BrClFNO2/c1-22-9-11-3-2-10(6-14(11)19)8-16(18)5-4-12(17)7-13(16)15(20)21/h2-7,13H,8-9H2,1H3,(H2,20,21). The Hall–Kier alpha value is -1.17. The van der Waals surface area contributed by atoms with Gasteiger partial charge in [0, 0.05) is 17.2 Å². The van der Waals surface area contributed by atoms with E-state index in [2.05, 4.69) is 15.9 Å². The number of halogens is 3. The van der Waals surface area contributed by atoms with E-state index >= 15 is 0 Å². The minimum absolute atomic E-state index is 0.206. The number of methoxy groups -OCH3 is 1. The molecule has 3 nitrogen and oxygen atoms in total. The van der Waals surface area contributed by atoms with E-state index in [0.717, 1.165) is 4.48 Å². The van der Waals surface area contributed by atoms with Gasteiger partial charge in [0.15, 0.2) is 0 Å². The van der Waals surface area contributed by atoms with Gasteiger partial charge >= 0.3 is 0 Å². The van der Waals surface area contributed by atoms with E-state index in [-0.39, 0.29) is 12.4 Å². The van der Waals surface area contributed by atoms with Crippen molar-refractivity contribution in [2.45, 2.75) is 17.9 Å². The number of amides is 1. The van der Waals surface area contributed by atoms with Crippen LogP contribution >= 0.6 is 27.5 Å². The highest BCUT2D eigenvalue weighted by Gasteiger charge is 2.39. The number of allylic oxidation sites excluding steroid dienone is 3. The zero-order valence-corrected chi connectivity index (χ0v) is 14.3. The Morgan fingerprint density at radius 1 is 1.55 bits per heavy atom. The van der Waals surface area contributed by atoms with E-state index in [0.29, 0.717) is 17.5 Å². The average Bonchev–Trinajstić information content (AvgIpc) is 2.44. The lowest BCUT2D eigenvalue weighted by atomic mass is 9.82. The van der Waals surface area contributed by atoms with Crippen molar-refractivity contribution < 1.29 is 13.9 Å². The molecule has 0 aliphatic heterocycles. The van der Waals surface area contributed by atoms with Crippen molar-refractivity contribution >= 4 is 33.4 Å². The highest BCUT2D eigenvalue weighted by Crippen LogP contribution is 2.38. The van der Waals surface area contributed by atoms with Crippen LogP contribution < -0.4 is 5.73 Å². The van der Waals surface area contributed by atoms with E-state index < -0.39 is 16.7 Å². The topological polar surface area (TPSA) is 52.3 Å². The molecule has 2 unspecified atom stereocenters. The number of carbonyl (C=O) groups excluding carboxylic acids is 1. The summed E-state index contributed by atoms with van der Waals surface area (Å²) in [5.74, 6) is -1.55. The molecule has 2 rings (SSSR count). The van der Waals surface area contributed by atoms with Gasteiger partial charge in [0.05, 0.1) is 17.4 Å². The van der Waals surface area contributed by atoms with Crippen LogP contribution in [0.2, 0.25) is 0 Å². The summed E-state index contributed by atoms with van der Waals surface area (Å²) in [5, 5.41) is 0. The number of benzene rings is 1. The minimum Gasteiger partial charge on any atom is -0.380 e. The van der Waals surface area contributed by atoms with E-state index in [1.54, 1.807) is 30.4 Å². The van der Waals surface area contributed by atoms with Gasteiger partial charge in [-0.25, -0.2) is 4.39 Å². The maximum atomic E-state index is 14.0.